The number of carboxylic acids is 1. The number of aliphatic carboxylic acids is 1. The molecular weight excluding hydrogens is 603 g/mol. The minimum Gasteiger partial charge on any atom is -0.480 e. The van der Waals surface area contributed by atoms with Crippen LogP contribution in [0.25, 0.3) is 16.7 Å². The number of nitrogens with zero attached hydrogens (tertiary/aromatic N) is 3. The highest BCUT2D eigenvalue weighted by Crippen LogP contribution is 2.37. The third-order valence-corrected chi connectivity index (χ3v) is 8.66. The van der Waals surface area contributed by atoms with Gasteiger partial charge in [-0.15, -0.1) is 0 Å². The molecule has 4 rings (SSSR count). The Bertz CT molecular complexity index is 1730. The highest BCUT2D eigenvalue weighted by molar-refractivity contribution is 7.93. The van der Waals surface area contributed by atoms with E-state index in [1.54, 1.807) is 69.0 Å². The topological polar surface area (TPSA) is 131 Å². The smallest absolute Gasteiger partial charge is 0.328 e. The number of ether oxygens (including phenoxy) is 1. The van der Waals surface area contributed by atoms with E-state index in [4.69, 9.17) is 27.9 Å². The number of carbonyl (C=O) groups excluding carboxylic acids is 1. The van der Waals surface area contributed by atoms with E-state index in [0.29, 0.717) is 35.4 Å². The molecular formula is C29H30Cl2N4O6S. The van der Waals surface area contributed by atoms with Crippen LogP contribution in [-0.4, -0.2) is 61.3 Å². The van der Waals surface area contributed by atoms with Gasteiger partial charge in [-0.2, -0.15) is 0 Å². The van der Waals surface area contributed by atoms with Crippen molar-refractivity contribution in [3.05, 3.63) is 82.6 Å². The van der Waals surface area contributed by atoms with Crippen molar-refractivity contribution in [2.24, 2.45) is 5.41 Å². The van der Waals surface area contributed by atoms with Crippen LogP contribution >= 0.6 is 23.2 Å². The monoisotopic (exact) mass is 632 g/mol. The van der Waals surface area contributed by atoms with E-state index in [0.717, 1.165) is 4.31 Å². The summed E-state index contributed by atoms with van der Waals surface area (Å²) in [5.74, 6) is -1.13. The van der Waals surface area contributed by atoms with Gasteiger partial charge in [0.25, 0.3) is 15.9 Å². The zero-order valence-corrected chi connectivity index (χ0v) is 25.7. The summed E-state index contributed by atoms with van der Waals surface area (Å²) in [6, 6.07) is 12.2. The average Bonchev–Trinajstić information content (AvgIpc) is 3.33. The number of sulfonamides is 1. The summed E-state index contributed by atoms with van der Waals surface area (Å²) in [4.78, 5) is 29.3. The summed E-state index contributed by atoms with van der Waals surface area (Å²) in [6.07, 6.45) is 3.25. The van der Waals surface area contributed by atoms with Gasteiger partial charge in [0.1, 0.15) is 11.9 Å². The van der Waals surface area contributed by atoms with E-state index in [1.165, 1.54) is 30.5 Å². The number of amides is 1. The second-order valence-electron chi connectivity index (χ2n) is 10.6. The van der Waals surface area contributed by atoms with Gasteiger partial charge in [0.2, 0.25) is 0 Å². The Kier molecular flexibility index (Phi) is 9.17. The van der Waals surface area contributed by atoms with Gasteiger partial charge in [-0.05, 0) is 60.0 Å². The van der Waals surface area contributed by atoms with Crippen molar-refractivity contribution in [1.82, 2.24) is 14.9 Å². The molecule has 0 saturated carbocycles. The van der Waals surface area contributed by atoms with Crippen molar-refractivity contribution >= 4 is 61.7 Å². The first-order chi connectivity index (χ1) is 19.7. The number of aromatic nitrogens is 2. The third-order valence-electron chi connectivity index (χ3n) is 6.46. The second kappa shape index (κ2) is 12.3. The lowest BCUT2D eigenvalue weighted by Crippen LogP contribution is -2.52. The molecule has 1 unspecified atom stereocenters. The van der Waals surface area contributed by atoms with Gasteiger partial charge in [0.15, 0.2) is 0 Å². The van der Waals surface area contributed by atoms with E-state index in [1.807, 2.05) is 0 Å². The molecule has 10 nitrogen and oxygen atoms in total. The number of nitrogens with one attached hydrogen (secondary N) is 1. The Morgan fingerprint density at radius 2 is 1.76 bits per heavy atom. The molecule has 2 aromatic carbocycles. The quantitative estimate of drug-likeness (QED) is 0.224. The lowest BCUT2D eigenvalue weighted by atomic mass is 9.86. The van der Waals surface area contributed by atoms with Gasteiger partial charge in [-0.3, -0.25) is 9.10 Å². The standard InChI is InChI=1S/C29H30Cl2N4O6S/c1-29(2,3)26(28(37)38)35(42(39,40)23-16-20(30)15-21(31)17-23)22-5-6-24-18(13-22)8-11-34(24)25-14-19(7-9-32-25)27(36)33-10-12-41-4/h5-9,11,13-17,26H,10,12H2,1-4H3,(H,33,36)(H,37,38). The number of anilines is 1. The van der Waals surface area contributed by atoms with Gasteiger partial charge in [0.05, 0.1) is 22.7 Å². The van der Waals surface area contributed by atoms with Gasteiger partial charge in [0, 0.05) is 47.0 Å². The average molecular weight is 634 g/mol. The molecule has 0 aliphatic carbocycles. The zero-order chi connectivity index (χ0) is 30.8. The molecule has 42 heavy (non-hydrogen) atoms. The summed E-state index contributed by atoms with van der Waals surface area (Å²) in [6.45, 7) is 5.69. The summed E-state index contributed by atoms with van der Waals surface area (Å²) in [5.41, 5.74) is 0.199. The number of benzene rings is 2. The Balaban J connectivity index is 1.82. The predicted octanol–water partition coefficient (Wildman–Crippen LogP) is 5.40. The maximum Gasteiger partial charge on any atom is 0.328 e. The molecule has 2 aromatic heterocycles. The van der Waals surface area contributed by atoms with Crippen LogP contribution in [-0.2, 0) is 19.6 Å². The molecule has 0 radical (unpaired) electrons. The highest BCUT2D eigenvalue weighted by Gasteiger charge is 2.43. The molecule has 0 spiro atoms. The molecule has 13 heteroatoms. The molecule has 2 N–H and O–H groups in total. The summed E-state index contributed by atoms with van der Waals surface area (Å²) >= 11 is 12.2. The Labute approximate surface area is 253 Å². The first-order valence-corrected chi connectivity index (χ1v) is 15.0. The number of hydrogen-bond acceptors (Lipinski definition) is 6. The normalized spacial score (nSPS) is 12.7. The molecule has 2 heterocycles. The van der Waals surface area contributed by atoms with Crippen LogP contribution in [0, 0.1) is 5.41 Å². The maximum absolute atomic E-state index is 14.1. The van der Waals surface area contributed by atoms with Crippen molar-refractivity contribution in [1.29, 1.82) is 0 Å². The van der Waals surface area contributed by atoms with Crippen molar-refractivity contribution in [3.8, 4) is 5.82 Å². The fourth-order valence-corrected chi connectivity index (χ4v) is 7.08. The van der Waals surface area contributed by atoms with Gasteiger partial charge < -0.3 is 19.7 Å². The van der Waals surface area contributed by atoms with Gasteiger partial charge in [-0.25, -0.2) is 18.2 Å². The largest absolute Gasteiger partial charge is 0.480 e. The lowest BCUT2D eigenvalue weighted by Gasteiger charge is -2.37. The molecule has 222 valence electrons. The van der Waals surface area contributed by atoms with Crippen LogP contribution in [0.2, 0.25) is 10.0 Å². The third kappa shape index (κ3) is 6.54. The van der Waals surface area contributed by atoms with E-state index >= 15 is 0 Å². The van der Waals surface area contributed by atoms with Crippen LogP contribution in [0.4, 0.5) is 5.69 Å². The Hall–Kier alpha value is -3.64. The van der Waals surface area contributed by atoms with Crippen molar-refractivity contribution in [2.45, 2.75) is 31.7 Å². The number of hydrogen-bond donors (Lipinski definition) is 2. The van der Waals surface area contributed by atoms with Crippen LogP contribution in [0.5, 0.6) is 0 Å². The van der Waals surface area contributed by atoms with E-state index in [-0.39, 0.29) is 26.5 Å². The fraction of sp³-hybridized carbons (Fsp3) is 0.276. The number of carbonyl (C=O) groups is 2. The SMILES string of the molecule is COCCNC(=O)c1ccnc(-n2ccc3cc(N(C(C(=O)O)C(C)(C)C)S(=O)(=O)c4cc(Cl)cc(Cl)c4)ccc32)c1. The summed E-state index contributed by atoms with van der Waals surface area (Å²) < 4.78 is 35.8. The van der Waals surface area contributed by atoms with Crippen LogP contribution in [0.15, 0.2) is 71.9 Å². The lowest BCUT2D eigenvalue weighted by molar-refractivity contribution is -0.140. The van der Waals surface area contributed by atoms with Crippen LogP contribution in [0.3, 0.4) is 0 Å². The molecule has 0 bridgehead atoms. The molecule has 0 saturated heterocycles. The molecule has 0 fully saturated rings. The van der Waals surface area contributed by atoms with E-state index < -0.39 is 27.4 Å². The van der Waals surface area contributed by atoms with Gasteiger partial charge in [-0.1, -0.05) is 44.0 Å². The highest BCUT2D eigenvalue weighted by atomic mass is 35.5. The van der Waals surface area contributed by atoms with Crippen LogP contribution in [0.1, 0.15) is 31.1 Å². The Morgan fingerprint density at radius 3 is 2.38 bits per heavy atom. The predicted molar refractivity (Wildman–Crippen MR) is 162 cm³/mol. The molecule has 1 atom stereocenters. The molecule has 0 aliphatic heterocycles. The van der Waals surface area contributed by atoms with Crippen molar-refractivity contribution in [2.75, 3.05) is 24.6 Å². The first kappa shape index (κ1) is 31.3. The zero-order valence-electron chi connectivity index (χ0n) is 23.3. The van der Waals surface area contributed by atoms with Crippen molar-refractivity contribution in [3.63, 3.8) is 0 Å². The second-order valence-corrected chi connectivity index (χ2v) is 13.3. The minimum atomic E-state index is -4.45. The van der Waals surface area contributed by atoms with E-state index in [2.05, 4.69) is 10.3 Å². The maximum atomic E-state index is 14.1. The molecule has 0 aliphatic rings. The number of carboxylic acid groups (broad SMARTS) is 1. The summed E-state index contributed by atoms with van der Waals surface area (Å²) in [7, 11) is -2.91. The fourth-order valence-electron chi connectivity index (χ4n) is 4.57. The number of fused-ring (bicyclic) bond motifs is 1. The number of rotatable bonds is 10. The number of methoxy groups -OCH3 is 1. The number of halogens is 2. The number of pyridine rings is 1. The first-order valence-electron chi connectivity index (χ1n) is 12.8. The molecule has 4 aromatic rings. The van der Waals surface area contributed by atoms with Crippen LogP contribution < -0.4 is 9.62 Å². The van der Waals surface area contributed by atoms with Gasteiger partial charge >= 0.3 is 5.97 Å². The Morgan fingerprint density at radius 1 is 1.07 bits per heavy atom. The van der Waals surface area contributed by atoms with Crippen molar-refractivity contribution < 1.29 is 27.9 Å². The molecule has 1 amide bonds. The minimum absolute atomic E-state index is 0.0956. The summed E-state index contributed by atoms with van der Waals surface area (Å²) in [5, 5.41) is 13.8. The van der Waals surface area contributed by atoms with E-state index in [9.17, 15) is 23.1 Å².